The number of anilines is 1. The molecule has 2 aromatic rings. The van der Waals surface area contributed by atoms with E-state index in [9.17, 15) is 18.0 Å². The average molecular weight is 435 g/mol. The lowest BCUT2D eigenvalue weighted by Crippen LogP contribution is -2.42. The standard InChI is InChI=1S/C21H26N2O4S2/c1-4-29(26,27)13-15(3)22-21(25)17-12-19(24)23(16-9-7-14(2)8-10-16)20(17)18-6-5-11-28-18/h5-11,15,17,20H,4,12-13H2,1-3H3,(H,22,25). The van der Waals surface area contributed by atoms with Crippen molar-refractivity contribution in [2.24, 2.45) is 5.92 Å². The molecule has 1 aliphatic heterocycles. The third kappa shape index (κ3) is 4.87. The largest absolute Gasteiger partial charge is 0.352 e. The second kappa shape index (κ2) is 8.67. The van der Waals surface area contributed by atoms with Crippen molar-refractivity contribution in [2.45, 2.75) is 39.3 Å². The zero-order valence-corrected chi connectivity index (χ0v) is 18.4. The number of sulfone groups is 1. The number of nitrogens with zero attached hydrogens (tertiary/aromatic N) is 1. The molecule has 2 amide bonds. The number of hydrogen-bond acceptors (Lipinski definition) is 5. The lowest BCUT2D eigenvalue weighted by molar-refractivity contribution is -0.127. The molecular formula is C21H26N2O4S2. The maximum atomic E-state index is 13.0. The van der Waals surface area contributed by atoms with E-state index in [1.165, 1.54) is 11.3 Å². The second-order valence-electron chi connectivity index (χ2n) is 7.48. The SMILES string of the molecule is CCS(=O)(=O)CC(C)NC(=O)C1CC(=O)N(c2ccc(C)cc2)C1c1cccs1. The molecule has 1 saturated heterocycles. The lowest BCUT2D eigenvalue weighted by Gasteiger charge is -2.28. The van der Waals surface area contributed by atoms with Crippen LogP contribution in [0.1, 0.15) is 36.8 Å². The number of carbonyl (C=O) groups is 2. The Morgan fingerprint density at radius 3 is 2.55 bits per heavy atom. The van der Waals surface area contributed by atoms with Crippen LogP contribution in [-0.2, 0) is 19.4 Å². The molecule has 1 N–H and O–H groups in total. The molecule has 2 heterocycles. The number of carbonyl (C=O) groups excluding carboxylic acids is 2. The molecule has 0 spiro atoms. The van der Waals surface area contributed by atoms with Gasteiger partial charge in [-0.25, -0.2) is 8.42 Å². The number of aryl methyl sites for hydroxylation is 1. The van der Waals surface area contributed by atoms with Gasteiger partial charge in [-0.1, -0.05) is 30.7 Å². The van der Waals surface area contributed by atoms with Crippen molar-refractivity contribution in [1.82, 2.24) is 5.32 Å². The fourth-order valence-corrected chi connectivity index (χ4v) is 5.62. The number of nitrogens with one attached hydrogen (secondary N) is 1. The van der Waals surface area contributed by atoms with Crippen LogP contribution in [0, 0.1) is 12.8 Å². The summed E-state index contributed by atoms with van der Waals surface area (Å²) in [7, 11) is -3.20. The molecule has 0 radical (unpaired) electrons. The Morgan fingerprint density at radius 2 is 1.97 bits per heavy atom. The predicted molar refractivity (Wildman–Crippen MR) is 116 cm³/mol. The van der Waals surface area contributed by atoms with Gasteiger partial charge in [0.25, 0.3) is 0 Å². The molecule has 1 aliphatic rings. The smallest absolute Gasteiger partial charge is 0.228 e. The van der Waals surface area contributed by atoms with E-state index in [1.54, 1.807) is 18.7 Å². The molecule has 8 heteroatoms. The summed E-state index contributed by atoms with van der Waals surface area (Å²) >= 11 is 1.51. The molecule has 3 rings (SSSR count). The van der Waals surface area contributed by atoms with Crippen LogP contribution >= 0.6 is 11.3 Å². The van der Waals surface area contributed by atoms with Crippen molar-refractivity contribution >= 4 is 38.7 Å². The third-order valence-electron chi connectivity index (χ3n) is 5.14. The molecule has 1 aromatic carbocycles. The first-order valence-electron chi connectivity index (χ1n) is 9.64. The zero-order chi connectivity index (χ0) is 21.2. The van der Waals surface area contributed by atoms with Gasteiger partial charge in [0.1, 0.15) is 0 Å². The van der Waals surface area contributed by atoms with Gasteiger partial charge in [-0.2, -0.15) is 0 Å². The molecule has 0 saturated carbocycles. The van der Waals surface area contributed by atoms with E-state index < -0.39 is 27.8 Å². The summed E-state index contributed by atoms with van der Waals surface area (Å²) in [4.78, 5) is 28.6. The normalized spacial score (nSPS) is 20.7. The van der Waals surface area contributed by atoms with Gasteiger partial charge >= 0.3 is 0 Å². The van der Waals surface area contributed by atoms with Crippen molar-refractivity contribution < 1.29 is 18.0 Å². The quantitative estimate of drug-likeness (QED) is 0.726. The molecular weight excluding hydrogens is 408 g/mol. The van der Waals surface area contributed by atoms with Crippen molar-refractivity contribution in [1.29, 1.82) is 0 Å². The van der Waals surface area contributed by atoms with Gasteiger partial charge in [-0.05, 0) is 37.4 Å². The topological polar surface area (TPSA) is 83.5 Å². The monoisotopic (exact) mass is 434 g/mol. The molecule has 0 bridgehead atoms. The van der Waals surface area contributed by atoms with Crippen LogP contribution in [-0.4, -0.2) is 37.8 Å². The Bertz CT molecular complexity index is 969. The summed E-state index contributed by atoms with van der Waals surface area (Å²) in [5.41, 5.74) is 1.85. The highest BCUT2D eigenvalue weighted by Gasteiger charge is 2.46. The summed E-state index contributed by atoms with van der Waals surface area (Å²) in [6.07, 6.45) is 0.0928. The van der Waals surface area contributed by atoms with E-state index in [-0.39, 0.29) is 29.7 Å². The van der Waals surface area contributed by atoms with Crippen molar-refractivity contribution in [2.75, 3.05) is 16.4 Å². The van der Waals surface area contributed by atoms with E-state index in [1.807, 2.05) is 48.7 Å². The minimum Gasteiger partial charge on any atom is -0.352 e. The highest BCUT2D eigenvalue weighted by molar-refractivity contribution is 7.91. The van der Waals surface area contributed by atoms with Crippen LogP contribution < -0.4 is 10.2 Å². The molecule has 3 unspecified atom stereocenters. The van der Waals surface area contributed by atoms with E-state index in [4.69, 9.17) is 0 Å². The van der Waals surface area contributed by atoms with E-state index in [2.05, 4.69) is 5.32 Å². The summed E-state index contributed by atoms with van der Waals surface area (Å²) in [6.45, 7) is 5.25. The zero-order valence-electron chi connectivity index (χ0n) is 16.8. The van der Waals surface area contributed by atoms with Crippen LogP contribution in [0.25, 0.3) is 0 Å². The molecule has 1 aromatic heterocycles. The Hall–Kier alpha value is -2.19. The summed E-state index contributed by atoms with van der Waals surface area (Å²) in [5, 5.41) is 4.74. The minimum atomic E-state index is -3.20. The average Bonchev–Trinajstić information content (AvgIpc) is 3.29. The fourth-order valence-electron chi connectivity index (χ4n) is 3.65. The summed E-state index contributed by atoms with van der Waals surface area (Å²) < 4.78 is 23.7. The highest BCUT2D eigenvalue weighted by Crippen LogP contribution is 2.43. The van der Waals surface area contributed by atoms with E-state index in [0.717, 1.165) is 16.1 Å². The second-order valence-corrected chi connectivity index (χ2v) is 10.9. The first-order valence-corrected chi connectivity index (χ1v) is 12.3. The molecule has 0 aliphatic carbocycles. The van der Waals surface area contributed by atoms with Gasteiger partial charge in [0.15, 0.2) is 9.84 Å². The number of benzene rings is 1. The van der Waals surface area contributed by atoms with Crippen LogP contribution in [0.4, 0.5) is 5.69 Å². The van der Waals surface area contributed by atoms with E-state index in [0.29, 0.717) is 0 Å². The van der Waals surface area contributed by atoms with Gasteiger partial charge < -0.3 is 10.2 Å². The lowest BCUT2D eigenvalue weighted by atomic mass is 9.97. The van der Waals surface area contributed by atoms with Crippen LogP contribution in [0.15, 0.2) is 41.8 Å². The minimum absolute atomic E-state index is 0.0359. The van der Waals surface area contributed by atoms with Crippen molar-refractivity contribution in [3.63, 3.8) is 0 Å². The predicted octanol–water partition coefficient (Wildman–Crippen LogP) is 3.09. The van der Waals surface area contributed by atoms with Crippen molar-refractivity contribution in [3.8, 4) is 0 Å². The first kappa shape index (κ1) is 21.5. The fraction of sp³-hybridized carbons (Fsp3) is 0.429. The van der Waals surface area contributed by atoms with Crippen molar-refractivity contribution in [3.05, 3.63) is 52.2 Å². The Kier molecular flexibility index (Phi) is 6.43. The Morgan fingerprint density at radius 1 is 1.28 bits per heavy atom. The third-order valence-corrected chi connectivity index (χ3v) is 7.97. The molecule has 6 nitrogen and oxygen atoms in total. The van der Waals surface area contributed by atoms with Crippen LogP contribution in [0.2, 0.25) is 0 Å². The number of rotatable bonds is 7. The van der Waals surface area contributed by atoms with Gasteiger partial charge in [0.2, 0.25) is 11.8 Å². The van der Waals surface area contributed by atoms with Gasteiger partial charge in [-0.15, -0.1) is 11.3 Å². The van der Waals surface area contributed by atoms with Crippen LogP contribution in [0.5, 0.6) is 0 Å². The van der Waals surface area contributed by atoms with Gasteiger partial charge in [0, 0.05) is 28.8 Å². The molecule has 29 heavy (non-hydrogen) atoms. The molecule has 3 atom stereocenters. The Balaban J connectivity index is 1.87. The number of thiophene rings is 1. The maximum absolute atomic E-state index is 13.0. The Labute approximate surface area is 175 Å². The number of hydrogen-bond donors (Lipinski definition) is 1. The molecule has 156 valence electrons. The van der Waals surface area contributed by atoms with Gasteiger partial charge in [-0.3, -0.25) is 9.59 Å². The van der Waals surface area contributed by atoms with Crippen LogP contribution in [0.3, 0.4) is 0 Å². The molecule has 1 fully saturated rings. The van der Waals surface area contributed by atoms with E-state index >= 15 is 0 Å². The maximum Gasteiger partial charge on any atom is 0.228 e. The number of amides is 2. The van der Waals surface area contributed by atoms with Gasteiger partial charge in [0.05, 0.1) is 17.7 Å². The summed E-state index contributed by atoms with van der Waals surface area (Å²) in [5.74, 6) is -1.05. The summed E-state index contributed by atoms with van der Waals surface area (Å²) in [6, 6.07) is 10.6. The first-order chi connectivity index (χ1) is 13.7. The highest BCUT2D eigenvalue weighted by atomic mass is 32.2.